The Labute approximate surface area is 315 Å². The fourth-order valence-electron chi connectivity index (χ4n) is 5.70. The van der Waals surface area contributed by atoms with Gasteiger partial charge in [-0.25, -0.2) is 0 Å². The maximum atomic E-state index is 12.6. The molecule has 0 radical (unpaired) electrons. The van der Waals surface area contributed by atoms with Crippen molar-refractivity contribution in [1.29, 1.82) is 0 Å². The van der Waals surface area contributed by atoms with E-state index in [9.17, 15) is 14.3 Å². The Kier molecular flexibility index (Phi) is 35.3. The van der Waals surface area contributed by atoms with Gasteiger partial charge in [-0.1, -0.05) is 160 Å². The zero-order chi connectivity index (χ0) is 37.7. The SMILES string of the molecule is CCC/C=C\C/C=C\CCCCCCCC(=O)OC(COCCCCCCCCCCCCCCCCCC)COP(=O)([O-])OCC[N+](C)(C)C. The molecule has 9 heteroatoms. The molecule has 8 nitrogen and oxygen atoms in total. The maximum absolute atomic E-state index is 12.6. The molecule has 0 heterocycles. The molecule has 0 amide bonds. The minimum Gasteiger partial charge on any atom is -0.756 e. The third-order valence-corrected chi connectivity index (χ3v) is 9.95. The number of carbonyl (C=O) groups excluding carboxylic acids is 1. The minimum atomic E-state index is -4.52. The summed E-state index contributed by atoms with van der Waals surface area (Å²) in [5.74, 6) is -0.347. The highest BCUT2D eigenvalue weighted by molar-refractivity contribution is 7.45. The standard InChI is InChI=1S/C42H82NO7P/c1-6-8-10-12-14-16-18-20-21-22-24-26-28-30-32-34-37-47-39-41(40-49-51(45,46)48-38-36-43(3,4)5)50-42(44)35-33-31-29-27-25-23-19-17-15-13-11-9-7-2/h11,13,17,19,41H,6-10,12,14-16,18,20-40H2,1-5H3/b13-11-,19-17-. The van der Waals surface area contributed by atoms with Crippen molar-refractivity contribution in [3.05, 3.63) is 24.3 Å². The van der Waals surface area contributed by atoms with Gasteiger partial charge in [0.05, 0.1) is 34.4 Å². The fraction of sp³-hybridized carbons (Fsp3) is 0.881. The van der Waals surface area contributed by atoms with Gasteiger partial charge in [0.15, 0.2) is 0 Å². The molecule has 0 aliphatic carbocycles. The van der Waals surface area contributed by atoms with Crippen LogP contribution in [0.3, 0.4) is 0 Å². The minimum absolute atomic E-state index is 0.0250. The number of carbonyl (C=O) groups is 1. The number of unbranched alkanes of at least 4 members (excludes halogenated alkanes) is 21. The van der Waals surface area contributed by atoms with E-state index in [1.54, 1.807) is 0 Å². The first-order valence-corrected chi connectivity index (χ1v) is 22.5. The third kappa shape index (κ3) is 40.0. The van der Waals surface area contributed by atoms with Gasteiger partial charge in [-0.15, -0.1) is 0 Å². The van der Waals surface area contributed by atoms with Gasteiger partial charge >= 0.3 is 5.97 Å². The number of ether oxygens (including phenoxy) is 2. The average molecular weight is 744 g/mol. The number of likely N-dealkylation sites (N-methyl/N-ethyl adjacent to an activating group) is 1. The van der Waals surface area contributed by atoms with Crippen LogP contribution >= 0.6 is 7.82 Å². The number of nitrogens with zero attached hydrogens (tertiary/aromatic N) is 1. The predicted octanol–water partition coefficient (Wildman–Crippen LogP) is 11.4. The fourth-order valence-corrected chi connectivity index (χ4v) is 6.43. The number of phosphoric acid groups is 1. The largest absolute Gasteiger partial charge is 0.756 e. The van der Waals surface area contributed by atoms with E-state index in [4.69, 9.17) is 18.5 Å². The molecule has 2 unspecified atom stereocenters. The Hall–Kier alpha value is -1.02. The van der Waals surface area contributed by atoms with Crippen molar-refractivity contribution in [3.63, 3.8) is 0 Å². The molecule has 0 aliphatic rings. The van der Waals surface area contributed by atoms with Crippen LogP contribution in [0.1, 0.15) is 181 Å². The monoisotopic (exact) mass is 744 g/mol. The molecule has 0 saturated carbocycles. The van der Waals surface area contributed by atoms with Crippen LogP contribution in [0.4, 0.5) is 0 Å². The van der Waals surface area contributed by atoms with Gasteiger partial charge in [0, 0.05) is 13.0 Å². The molecule has 0 spiro atoms. The summed E-state index contributed by atoms with van der Waals surface area (Å²) in [5.41, 5.74) is 0. The number of quaternary nitrogens is 1. The summed E-state index contributed by atoms with van der Waals surface area (Å²) in [7, 11) is 1.35. The van der Waals surface area contributed by atoms with Crippen LogP contribution in [0, 0.1) is 0 Å². The Balaban J connectivity index is 4.24. The number of hydrogen-bond donors (Lipinski definition) is 0. The van der Waals surface area contributed by atoms with Crippen LogP contribution in [0.15, 0.2) is 24.3 Å². The van der Waals surface area contributed by atoms with Crippen molar-refractivity contribution in [2.45, 2.75) is 187 Å². The van der Waals surface area contributed by atoms with Crippen molar-refractivity contribution in [1.82, 2.24) is 0 Å². The highest BCUT2D eigenvalue weighted by Crippen LogP contribution is 2.38. The van der Waals surface area contributed by atoms with Gasteiger partial charge in [0.2, 0.25) is 0 Å². The molecule has 2 atom stereocenters. The first-order valence-electron chi connectivity index (χ1n) is 21.1. The smallest absolute Gasteiger partial charge is 0.306 e. The van der Waals surface area contributed by atoms with Gasteiger partial charge in [-0.2, -0.15) is 0 Å². The van der Waals surface area contributed by atoms with Crippen LogP contribution in [-0.4, -0.2) is 70.7 Å². The van der Waals surface area contributed by atoms with E-state index in [-0.39, 0.29) is 25.8 Å². The van der Waals surface area contributed by atoms with Crippen LogP contribution in [0.5, 0.6) is 0 Å². The number of phosphoric ester groups is 1. The lowest BCUT2D eigenvalue weighted by Gasteiger charge is -2.28. The van der Waals surface area contributed by atoms with E-state index in [1.165, 1.54) is 96.3 Å². The second-order valence-electron chi connectivity index (χ2n) is 15.4. The van der Waals surface area contributed by atoms with Crippen molar-refractivity contribution in [2.75, 3.05) is 54.1 Å². The van der Waals surface area contributed by atoms with Gasteiger partial charge < -0.3 is 27.9 Å². The molecular formula is C42H82NO7P. The summed E-state index contributed by atoms with van der Waals surface area (Å²) in [6.45, 7) is 5.35. The molecule has 0 N–H and O–H groups in total. The number of allylic oxidation sites excluding steroid dienone is 4. The Bertz CT molecular complexity index is 874. The van der Waals surface area contributed by atoms with E-state index < -0.39 is 13.9 Å². The first-order chi connectivity index (χ1) is 24.6. The molecule has 0 aromatic rings. The molecule has 0 fully saturated rings. The quantitative estimate of drug-likeness (QED) is 0.0203. The summed E-state index contributed by atoms with van der Waals surface area (Å²) in [6.07, 6.45) is 39.0. The lowest BCUT2D eigenvalue weighted by Crippen LogP contribution is -2.37. The van der Waals surface area contributed by atoms with Gasteiger partial charge in [-0.05, 0) is 38.5 Å². The van der Waals surface area contributed by atoms with Crippen molar-refractivity contribution in [2.24, 2.45) is 0 Å². The van der Waals surface area contributed by atoms with Crippen molar-refractivity contribution in [3.8, 4) is 0 Å². The topological polar surface area (TPSA) is 94.1 Å². The van der Waals surface area contributed by atoms with Crippen molar-refractivity contribution >= 4 is 13.8 Å². The second-order valence-corrected chi connectivity index (χ2v) is 16.8. The summed E-state index contributed by atoms with van der Waals surface area (Å²) in [5, 5.41) is 0. The average Bonchev–Trinajstić information content (AvgIpc) is 3.08. The molecule has 51 heavy (non-hydrogen) atoms. The van der Waals surface area contributed by atoms with Gasteiger partial charge in [0.1, 0.15) is 19.3 Å². The van der Waals surface area contributed by atoms with E-state index in [0.29, 0.717) is 24.1 Å². The van der Waals surface area contributed by atoms with E-state index in [1.807, 2.05) is 21.1 Å². The van der Waals surface area contributed by atoms with Crippen molar-refractivity contribution < 1.29 is 37.3 Å². The van der Waals surface area contributed by atoms with E-state index >= 15 is 0 Å². The van der Waals surface area contributed by atoms with E-state index in [2.05, 4.69) is 38.2 Å². The highest BCUT2D eigenvalue weighted by Gasteiger charge is 2.20. The van der Waals surface area contributed by atoms with Crippen LogP contribution in [-0.2, 0) is 27.9 Å². The molecule has 0 aromatic carbocycles. The molecule has 0 aliphatic heterocycles. The van der Waals surface area contributed by atoms with Gasteiger partial charge in [-0.3, -0.25) is 9.36 Å². The Morgan fingerprint density at radius 1 is 0.608 bits per heavy atom. The third-order valence-electron chi connectivity index (χ3n) is 8.99. The van der Waals surface area contributed by atoms with Crippen LogP contribution < -0.4 is 4.89 Å². The summed E-state index contributed by atoms with van der Waals surface area (Å²) < 4.78 is 34.5. The first kappa shape index (κ1) is 50.0. The molecule has 0 bridgehead atoms. The molecule has 0 saturated heterocycles. The molecule has 0 rings (SSSR count). The lowest BCUT2D eigenvalue weighted by atomic mass is 10.0. The van der Waals surface area contributed by atoms with Crippen LogP contribution in [0.25, 0.3) is 0 Å². The Morgan fingerprint density at radius 3 is 1.67 bits per heavy atom. The molecule has 0 aromatic heterocycles. The Morgan fingerprint density at radius 2 is 1.12 bits per heavy atom. The molecule has 302 valence electrons. The zero-order valence-electron chi connectivity index (χ0n) is 34.1. The summed E-state index contributed by atoms with van der Waals surface area (Å²) >= 11 is 0. The zero-order valence-corrected chi connectivity index (χ0v) is 35.0. The lowest BCUT2D eigenvalue weighted by molar-refractivity contribution is -0.870. The predicted molar refractivity (Wildman–Crippen MR) is 213 cm³/mol. The van der Waals surface area contributed by atoms with Crippen LogP contribution in [0.2, 0.25) is 0 Å². The highest BCUT2D eigenvalue weighted by atomic mass is 31.2. The second kappa shape index (κ2) is 36.0. The van der Waals surface area contributed by atoms with Gasteiger partial charge in [0.25, 0.3) is 7.82 Å². The normalized spacial score (nSPS) is 14.1. The summed E-state index contributed by atoms with van der Waals surface area (Å²) in [4.78, 5) is 25.0. The number of esters is 1. The number of hydrogen-bond acceptors (Lipinski definition) is 7. The molecular weight excluding hydrogens is 661 g/mol. The maximum Gasteiger partial charge on any atom is 0.306 e. The number of rotatable bonds is 39. The van der Waals surface area contributed by atoms with E-state index in [0.717, 1.165) is 64.2 Å². The summed E-state index contributed by atoms with van der Waals surface area (Å²) in [6, 6.07) is 0.